The van der Waals surface area contributed by atoms with Crippen LogP contribution < -0.4 is 10.1 Å². The van der Waals surface area contributed by atoms with Gasteiger partial charge in [0, 0.05) is 6.04 Å². The van der Waals surface area contributed by atoms with E-state index in [-0.39, 0.29) is 16.8 Å². The van der Waals surface area contributed by atoms with Crippen LogP contribution in [0.5, 0.6) is 5.75 Å². The third-order valence-electron chi connectivity index (χ3n) is 2.63. The van der Waals surface area contributed by atoms with E-state index in [1.807, 2.05) is 0 Å². The first-order valence-electron chi connectivity index (χ1n) is 5.14. The van der Waals surface area contributed by atoms with E-state index in [9.17, 15) is 8.78 Å². The molecule has 88 valence electrons. The maximum Gasteiger partial charge on any atom is 0.387 e. The molecular weight excluding hydrogens is 236 g/mol. The minimum Gasteiger partial charge on any atom is -0.433 e. The number of benzene rings is 1. The molecule has 2 rings (SSSR count). The highest BCUT2D eigenvalue weighted by atomic mass is 35.5. The Labute approximate surface area is 97.5 Å². The van der Waals surface area contributed by atoms with Crippen LogP contribution in [0.25, 0.3) is 0 Å². The molecule has 5 heteroatoms. The summed E-state index contributed by atoms with van der Waals surface area (Å²) in [6, 6.07) is 5.22. The Kier molecular flexibility index (Phi) is 3.61. The molecule has 0 aromatic heterocycles. The van der Waals surface area contributed by atoms with Gasteiger partial charge < -0.3 is 10.1 Å². The summed E-state index contributed by atoms with van der Waals surface area (Å²) in [5.41, 5.74) is 1.02. The van der Waals surface area contributed by atoms with Crippen molar-refractivity contribution in [2.24, 2.45) is 0 Å². The number of nitrogens with one attached hydrogen (secondary N) is 1. The summed E-state index contributed by atoms with van der Waals surface area (Å²) in [6.45, 7) is -1.86. The van der Waals surface area contributed by atoms with Crippen molar-refractivity contribution >= 4 is 11.6 Å². The SMILES string of the molecule is FC(F)Oc1ccc(C2CCCN2)cc1Cl. The van der Waals surface area contributed by atoms with Crippen molar-refractivity contribution in [2.75, 3.05) is 6.54 Å². The lowest BCUT2D eigenvalue weighted by Gasteiger charge is -2.13. The van der Waals surface area contributed by atoms with Gasteiger partial charge in [0.05, 0.1) is 5.02 Å². The predicted molar refractivity (Wildman–Crippen MR) is 58.1 cm³/mol. The molecule has 1 aliphatic heterocycles. The number of alkyl halides is 2. The second-order valence-electron chi connectivity index (χ2n) is 3.72. The normalized spacial score (nSPS) is 20.4. The molecule has 0 radical (unpaired) electrons. The zero-order valence-electron chi connectivity index (χ0n) is 8.55. The van der Waals surface area contributed by atoms with Gasteiger partial charge in [-0.2, -0.15) is 8.78 Å². The number of ether oxygens (including phenoxy) is 1. The highest BCUT2D eigenvalue weighted by Gasteiger charge is 2.17. The summed E-state index contributed by atoms with van der Waals surface area (Å²) in [5, 5.41) is 3.54. The fourth-order valence-corrected chi connectivity index (χ4v) is 2.13. The lowest BCUT2D eigenvalue weighted by molar-refractivity contribution is -0.0497. The Morgan fingerprint density at radius 3 is 2.81 bits per heavy atom. The van der Waals surface area contributed by atoms with Gasteiger partial charge in [0.2, 0.25) is 0 Å². The highest BCUT2D eigenvalue weighted by molar-refractivity contribution is 6.32. The predicted octanol–water partition coefficient (Wildman–Crippen LogP) is 3.37. The zero-order valence-corrected chi connectivity index (χ0v) is 9.31. The second kappa shape index (κ2) is 4.97. The Morgan fingerprint density at radius 2 is 2.25 bits per heavy atom. The van der Waals surface area contributed by atoms with Gasteiger partial charge in [0.1, 0.15) is 5.75 Å². The lowest BCUT2D eigenvalue weighted by atomic mass is 10.1. The van der Waals surface area contributed by atoms with Crippen molar-refractivity contribution in [2.45, 2.75) is 25.5 Å². The van der Waals surface area contributed by atoms with Gasteiger partial charge in [0.15, 0.2) is 0 Å². The molecule has 0 amide bonds. The van der Waals surface area contributed by atoms with Gasteiger partial charge in [-0.15, -0.1) is 0 Å². The number of rotatable bonds is 3. The average molecular weight is 248 g/mol. The van der Waals surface area contributed by atoms with E-state index in [0.29, 0.717) is 0 Å². The molecule has 1 N–H and O–H groups in total. The topological polar surface area (TPSA) is 21.3 Å². The van der Waals surface area contributed by atoms with Crippen molar-refractivity contribution < 1.29 is 13.5 Å². The molecule has 0 saturated carbocycles. The average Bonchev–Trinajstić information content (AvgIpc) is 2.73. The van der Waals surface area contributed by atoms with Crippen molar-refractivity contribution in [3.8, 4) is 5.75 Å². The second-order valence-corrected chi connectivity index (χ2v) is 4.12. The Morgan fingerprint density at radius 1 is 1.44 bits per heavy atom. The summed E-state index contributed by atoms with van der Waals surface area (Å²) in [7, 11) is 0. The van der Waals surface area contributed by atoms with E-state index in [4.69, 9.17) is 11.6 Å². The van der Waals surface area contributed by atoms with Crippen molar-refractivity contribution in [1.29, 1.82) is 0 Å². The van der Waals surface area contributed by atoms with Gasteiger partial charge in [-0.05, 0) is 37.1 Å². The van der Waals surface area contributed by atoms with Crippen LogP contribution in [0.3, 0.4) is 0 Å². The van der Waals surface area contributed by atoms with E-state index in [2.05, 4.69) is 10.1 Å². The number of hydrogen-bond acceptors (Lipinski definition) is 2. The van der Waals surface area contributed by atoms with Crippen molar-refractivity contribution in [1.82, 2.24) is 5.32 Å². The molecule has 0 aliphatic carbocycles. The van der Waals surface area contributed by atoms with E-state index >= 15 is 0 Å². The third-order valence-corrected chi connectivity index (χ3v) is 2.93. The smallest absolute Gasteiger partial charge is 0.387 e. The minimum absolute atomic E-state index is 0.0263. The molecule has 1 heterocycles. The molecule has 2 nitrogen and oxygen atoms in total. The van der Waals surface area contributed by atoms with E-state index in [1.165, 1.54) is 6.07 Å². The summed E-state index contributed by atoms with van der Waals surface area (Å²) in [4.78, 5) is 0. The van der Waals surface area contributed by atoms with Crippen LogP contribution in [-0.4, -0.2) is 13.2 Å². The van der Waals surface area contributed by atoms with Crippen LogP contribution in [0.4, 0.5) is 8.78 Å². The van der Waals surface area contributed by atoms with Crippen molar-refractivity contribution in [3.05, 3.63) is 28.8 Å². The molecule has 0 bridgehead atoms. The Hall–Kier alpha value is -0.870. The molecule has 16 heavy (non-hydrogen) atoms. The first-order chi connectivity index (χ1) is 7.66. The molecule has 1 aromatic carbocycles. The molecule has 1 unspecified atom stereocenters. The summed E-state index contributed by atoms with van der Waals surface area (Å²) in [5.74, 6) is 0.0263. The van der Waals surface area contributed by atoms with E-state index < -0.39 is 6.61 Å². The molecule has 0 spiro atoms. The Bertz CT molecular complexity index is 367. The number of hydrogen-bond donors (Lipinski definition) is 1. The molecule has 1 aliphatic rings. The lowest BCUT2D eigenvalue weighted by Crippen LogP contribution is -2.12. The molecule has 1 aromatic rings. The maximum atomic E-state index is 12.0. The van der Waals surface area contributed by atoms with Gasteiger partial charge >= 0.3 is 6.61 Å². The first-order valence-corrected chi connectivity index (χ1v) is 5.52. The fourth-order valence-electron chi connectivity index (χ4n) is 1.89. The molecule has 1 fully saturated rings. The van der Waals surface area contributed by atoms with Gasteiger partial charge in [-0.3, -0.25) is 0 Å². The van der Waals surface area contributed by atoms with Crippen LogP contribution in [0.1, 0.15) is 24.4 Å². The van der Waals surface area contributed by atoms with E-state index in [0.717, 1.165) is 24.9 Å². The maximum absolute atomic E-state index is 12.0. The summed E-state index contributed by atoms with van der Waals surface area (Å²) >= 11 is 5.87. The van der Waals surface area contributed by atoms with Crippen molar-refractivity contribution in [3.63, 3.8) is 0 Å². The van der Waals surface area contributed by atoms with Crippen LogP contribution >= 0.6 is 11.6 Å². The first kappa shape index (κ1) is 11.6. The van der Waals surface area contributed by atoms with Gasteiger partial charge in [-0.25, -0.2) is 0 Å². The largest absolute Gasteiger partial charge is 0.433 e. The molecule has 1 atom stereocenters. The highest BCUT2D eigenvalue weighted by Crippen LogP contribution is 2.31. The van der Waals surface area contributed by atoms with Gasteiger partial charge in [-0.1, -0.05) is 17.7 Å². The Balaban J connectivity index is 2.15. The minimum atomic E-state index is -2.84. The standard InChI is InChI=1S/C11H12ClF2NO/c12-8-6-7(9-2-1-5-15-9)3-4-10(8)16-11(13)14/h3-4,6,9,11,15H,1-2,5H2. The van der Waals surface area contributed by atoms with Crippen LogP contribution in [0.15, 0.2) is 18.2 Å². The monoisotopic (exact) mass is 247 g/mol. The van der Waals surface area contributed by atoms with E-state index in [1.54, 1.807) is 12.1 Å². The van der Waals surface area contributed by atoms with Crippen LogP contribution in [0, 0.1) is 0 Å². The molecule has 1 saturated heterocycles. The van der Waals surface area contributed by atoms with Crippen LogP contribution in [0.2, 0.25) is 5.02 Å². The number of halogens is 3. The van der Waals surface area contributed by atoms with Gasteiger partial charge in [0.25, 0.3) is 0 Å². The molecular formula is C11H12ClF2NO. The summed E-state index contributed by atoms with van der Waals surface area (Å²) < 4.78 is 28.3. The fraction of sp³-hybridized carbons (Fsp3) is 0.455. The van der Waals surface area contributed by atoms with Crippen LogP contribution in [-0.2, 0) is 0 Å². The zero-order chi connectivity index (χ0) is 11.5. The quantitative estimate of drug-likeness (QED) is 0.884. The third kappa shape index (κ3) is 2.62. The summed E-state index contributed by atoms with van der Waals surface area (Å²) in [6.07, 6.45) is 2.17.